The van der Waals surface area contributed by atoms with Crippen molar-refractivity contribution in [3.05, 3.63) is 76.7 Å². The number of carbonyl (C=O) groups is 1. The number of nitrogens with one attached hydrogen (secondary N) is 1. The van der Waals surface area contributed by atoms with Crippen LogP contribution in [0.2, 0.25) is 0 Å². The number of nitrogens with zero attached hydrogens (tertiary/aromatic N) is 4. The lowest BCUT2D eigenvalue weighted by Crippen LogP contribution is -2.26. The van der Waals surface area contributed by atoms with Crippen LogP contribution in [0.1, 0.15) is 48.5 Å². The van der Waals surface area contributed by atoms with Crippen LogP contribution in [0.3, 0.4) is 0 Å². The van der Waals surface area contributed by atoms with Crippen LogP contribution in [-0.2, 0) is 11.2 Å². The molecule has 0 spiro atoms. The van der Waals surface area contributed by atoms with E-state index in [-0.39, 0.29) is 11.2 Å². The highest BCUT2D eigenvalue weighted by Crippen LogP contribution is 2.40. The Balaban J connectivity index is 1.42. The number of Topliss-reactive ketones (excluding diaryl/α,β-unsaturated/α-hetero) is 1. The highest BCUT2D eigenvalue weighted by Gasteiger charge is 2.34. The van der Waals surface area contributed by atoms with Crippen LogP contribution >= 0.6 is 11.3 Å². The standard InChI is InChI=1S/C26H29N5O2S/c1-26(2)13-20-24(21(32)14-26)34-25(29-20)31-11-12-33-22(16-31)18-7-5-6-8-19(18)28-17-9-10-23(27-15-17)30(3)4/h6,8-12,15-16,28H,5,7,13-14H2,1-4H3. The third-order valence-electron chi connectivity index (χ3n) is 6.07. The number of hydrogen-bond acceptors (Lipinski definition) is 8. The van der Waals surface area contributed by atoms with Gasteiger partial charge in [-0.05, 0) is 42.9 Å². The summed E-state index contributed by atoms with van der Waals surface area (Å²) >= 11 is 1.46. The Labute approximate surface area is 204 Å². The molecule has 0 radical (unpaired) electrons. The third-order valence-corrected chi connectivity index (χ3v) is 7.22. The van der Waals surface area contributed by atoms with Gasteiger partial charge in [0.2, 0.25) is 0 Å². The number of pyridine rings is 1. The van der Waals surface area contributed by atoms with Crippen LogP contribution in [0.5, 0.6) is 0 Å². The minimum Gasteiger partial charge on any atom is -0.462 e. The van der Waals surface area contributed by atoms with Crippen molar-refractivity contribution < 1.29 is 9.53 Å². The SMILES string of the molecule is CN(C)c1ccc(NC2=C(C3=CN(c4nc5c(s4)C(=O)CC(C)(C)C5)C=CO3)CCC=C2)cn1. The summed E-state index contributed by atoms with van der Waals surface area (Å²) < 4.78 is 5.94. The molecule has 0 saturated carbocycles. The highest BCUT2D eigenvalue weighted by molar-refractivity contribution is 7.17. The fourth-order valence-electron chi connectivity index (χ4n) is 4.37. The molecule has 3 aliphatic rings. The van der Waals surface area contributed by atoms with Gasteiger partial charge in [-0.1, -0.05) is 31.3 Å². The van der Waals surface area contributed by atoms with Crippen molar-refractivity contribution >= 4 is 33.8 Å². The minimum atomic E-state index is -0.0449. The van der Waals surface area contributed by atoms with Gasteiger partial charge in [0.1, 0.15) is 17.8 Å². The van der Waals surface area contributed by atoms with Crippen molar-refractivity contribution in [2.45, 2.75) is 39.5 Å². The van der Waals surface area contributed by atoms with Gasteiger partial charge in [-0.3, -0.25) is 9.69 Å². The van der Waals surface area contributed by atoms with Crippen molar-refractivity contribution in [2.75, 3.05) is 29.2 Å². The van der Waals surface area contributed by atoms with Crippen molar-refractivity contribution in [3.8, 4) is 0 Å². The minimum absolute atomic E-state index is 0.0449. The molecule has 2 aliphatic carbocycles. The molecule has 0 aromatic carbocycles. The zero-order valence-electron chi connectivity index (χ0n) is 20.0. The molecule has 7 nitrogen and oxygen atoms in total. The maximum absolute atomic E-state index is 12.6. The Bertz CT molecular complexity index is 1230. The van der Waals surface area contributed by atoms with E-state index in [0.29, 0.717) is 6.42 Å². The van der Waals surface area contributed by atoms with Crippen LogP contribution in [-0.4, -0.2) is 29.8 Å². The van der Waals surface area contributed by atoms with Gasteiger partial charge in [-0.2, -0.15) is 0 Å². The molecule has 0 atom stereocenters. The van der Waals surface area contributed by atoms with E-state index in [1.54, 1.807) is 6.26 Å². The average Bonchev–Trinajstić information content (AvgIpc) is 3.23. The largest absolute Gasteiger partial charge is 0.462 e. The van der Waals surface area contributed by atoms with E-state index in [9.17, 15) is 4.79 Å². The Morgan fingerprint density at radius 2 is 2.09 bits per heavy atom. The van der Waals surface area contributed by atoms with Crippen LogP contribution in [0.25, 0.3) is 0 Å². The molecule has 3 heterocycles. The molecular weight excluding hydrogens is 446 g/mol. The van der Waals surface area contributed by atoms with E-state index in [1.807, 2.05) is 54.6 Å². The maximum Gasteiger partial charge on any atom is 0.194 e. The first-order valence-corrected chi connectivity index (χ1v) is 12.3. The quantitative estimate of drug-likeness (QED) is 0.601. The molecule has 2 aromatic heterocycles. The molecule has 0 fully saturated rings. The number of aromatic nitrogens is 2. The van der Waals surface area contributed by atoms with Crippen LogP contribution < -0.4 is 15.1 Å². The van der Waals surface area contributed by atoms with E-state index >= 15 is 0 Å². The molecule has 0 saturated heterocycles. The molecule has 34 heavy (non-hydrogen) atoms. The van der Waals surface area contributed by atoms with Crippen molar-refractivity contribution in [2.24, 2.45) is 5.41 Å². The monoisotopic (exact) mass is 475 g/mol. The highest BCUT2D eigenvalue weighted by atomic mass is 32.1. The summed E-state index contributed by atoms with van der Waals surface area (Å²) in [4.78, 5) is 26.7. The number of ether oxygens (including phenoxy) is 1. The smallest absolute Gasteiger partial charge is 0.194 e. The Morgan fingerprint density at radius 1 is 1.24 bits per heavy atom. The van der Waals surface area contributed by atoms with E-state index in [1.165, 1.54) is 11.3 Å². The molecule has 1 N–H and O–H groups in total. The molecule has 5 rings (SSSR count). The first kappa shape index (κ1) is 22.4. The van der Waals surface area contributed by atoms with Gasteiger partial charge >= 0.3 is 0 Å². The second-order valence-electron chi connectivity index (χ2n) is 9.77. The van der Waals surface area contributed by atoms with Crippen molar-refractivity contribution in [1.82, 2.24) is 9.97 Å². The molecular formula is C26H29N5O2S. The second kappa shape index (κ2) is 8.76. The lowest BCUT2D eigenvalue weighted by molar-refractivity contribution is 0.0916. The number of fused-ring (bicyclic) bond motifs is 1. The number of rotatable bonds is 5. The number of anilines is 3. The number of hydrogen-bond donors (Lipinski definition) is 1. The molecule has 8 heteroatoms. The summed E-state index contributed by atoms with van der Waals surface area (Å²) in [6.07, 6.45) is 14.8. The summed E-state index contributed by atoms with van der Waals surface area (Å²) in [5.74, 6) is 1.87. The van der Waals surface area contributed by atoms with Gasteiger partial charge in [0.25, 0.3) is 0 Å². The number of allylic oxidation sites excluding steroid dienone is 3. The first-order valence-electron chi connectivity index (χ1n) is 11.5. The summed E-state index contributed by atoms with van der Waals surface area (Å²) in [5.41, 5.74) is 3.86. The average molecular weight is 476 g/mol. The summed E-state index contributed by atoms with van der Waals surface area (Å²) in [5, 5.41) is 4.28. The van der Waals surface area contributed by atoms with Gasteiger partial charge in [-0.15, -0.1) is 0 Å². The number of carbonyl (C=O) groups excluding carboxylic acids is 1. The molecule has 0 bridgehead atoms. The Hall–Kier alpha value is -3.39. The molecule has 176 valence electrons. The summed E-state index contributed by atoms with van der Waals surface area (Å²) in [6.45, 7) is 4.25. The lowest BCUT2D eigenvalue weighted by atomic mass is 9.78. The van der Waals surface area contributed by atoms with E-state index in [2.05, 4.69) is 36.3 Å². The van der Waals surface area contributed by atoms with E-state index in [0.717, 1.165) is 63.5 Å². The first-order chi connectivity index (χ1) is 16.3. The maximum atomic E-state index is 12.6. The number of thiazole rings is 1. The third kappa shape index (κ3) is 4.50. The van der Waals surface area contributed by atoms with Crippen LogP contribution in [0.4, 0.5) is 16.6 Å². The number of ketones is 1. The summed E-state index contributed by atoms with van der Waals surface area (Å²) in [6, 6.07) is 4.01. The van der Waals surface area contributed by atoms with Gasteiger partial charge in [-0.25, -0.2) is 9.97 Å². The second-order valence-corrected chi connectivity index (χ2v) is 10.8. The zero-order valence-corrected chi connectivity index (χ0v) is 20.8. The zero-order chi connectivity index (χ0) is 23.9. The lowest BCUT2D eigenvalue weighted by Gasteiger charge is -2.26. The molecule has 0 amide bonds. The van der Waals surface area contributed by atoms with Gasteiger partial charge in [0, 0.05) is 38.0 Å². The Morgan fingerprint density at radius 3 is 2.85 bits per heavy atom. The van der Waals surface area contributed by atoms with Crippen molar-refractivity contribution in [3.63, 3.8) is 0 Å². The fraction of sp³-hybridized carbons (Fsp3) is 0.346. The summed E-state index contributed by atoms with van der Waals surface area (Å²) in [7, 11) is 3.95. The van der Waals surface area contributed by atoms with Crippen molar-refractivity contribution in [1.29, 1.82) is 0 Å². The van der Waals surface area contributed by atoms with Gasteiger partial charge in [0.15, 0.2) is 10.9 Å². The normalized spacial score (nSPS) is 19.0. The van der Waals surface area contributed by atoms with Gasteiger partial charge in [0.05, 0.1) is 28.7 Å². The fourth-order valence-corrected chi connectivity index (χ4v) is 5.35. The van der Waals surface area contributed by atoms with Gasteiger partial charge < -0.3 is 15.0 Å². The van der Waals surface area contributed by atoms with E-state index in [4.69, 9.17) is 9.72 Å². The van der Waals surface area contributed by atoms with Crippen LogP contribution in [0, 0.1) is 5.41 Å². The predicted octanol–water partition coefficient (Wildman–Crippen LogP) is 5.62. The van der Waals surface area contributed by atoms with E-state index < -0.39 is 0 Å². The topological polar surface area (TPSA) is 70.6 Å². The molecule has 0 unspecified atom stereocenters. The molecule has 1 aliphatic heterocycles. The Kier molecular flexibility index (Phi) is 5.77. The van der Waals surface area contributed by atoms with Crippen LogP contribution in [0.15, 0.2) is 66.2 Å². The predicted molar refractivity (Wildman–Crippen MR) is 137 cm³/mol. The molecule has 2 aromatic rings.